The molecule has 5 rings (SSSR count). The lowest BCUT2D eigenvalue weighted by Gasteiger charge is -2.32. The van der Waals surface area contributed by atoms with Gasteiger partial charge in [0.25, 0.3) is 5.56 Å². The van der Waals surface area contributed by atoms with Crippen LogP contribution >= 0.6 is 0 Å². The number of ether oxygens (including phenoxy) is 2. The summed E-state index contributed by atoms with van der Waals surface area (Å²) in [6, 6.07) is 9.53. The van der Waals surface area contributed by atoms with Crippen LogP contribution in [-0.4, -0.2) is 34.8 Å². The van der Waals surface area contributed by atoms with Crippen LogP contribution in [0.25, 0.3) is 10.9 Å². The first-order valence-corrected chi connectivity index (χ1v) is 10.7. The molecule has 2 aliphatic heterocycles. The predicted molar refractivity (Wildman–Crippen MR) is 116 cm³/mol. The van der Waals surface area contributed by atoms with E-state index in [0.717, 1.165) is 32.4 Å². The van der Waals surface area contributed by atoms with Gasteiger partial charge < -0.3 is 14.8 Å². The molecule has 2 saturated heterocycles. The molecule has 1 aromatic heterocycles. The van der Waals surface area contributed by atoms with E-state index in [1.807, 2.05) is 6.07 Å². The molecule has 0 radical (unpaired) electrons. The maximum Gasteiger partial charge on any atom is 0.261 e. The van der Waals surface area contributed by atoms with Gasteiger partial charge in [-0.25, -0.2) is 9.37 Å². The zero-order chi connectivity index (χ0) is 22.3. The van der Waals surface area contributed by atoms with Crippen LogP contribution in [0.5, 0.6) is 11.5 Å². The van der Waals surface area contributed by atoms with E-state index in [-0.39, 0.29) is 34.3 Å². The monoisotopic (exact) mass is 434 g/mol. The van der Waals surface area contributed by atoms with Gasteiger partial charge in [0.1, 0.15) is 17.4 Å². The maximum atomic E-state index is 14.4. The third-order valence-electron chi connectivity index (χ3n) is 6.50. The summed E-state index contributed by atoms with van der Waals surface area (Å²) >= 11 is 0. The molecule has 2 fully saturated rings. The minimum absolute atomic E-state index is 0.0820. The number of hydrogen-bond donors (Lipinski definition) is 1. The Morgan fingerprint density at radius 3 is 2.91 bits per heavy atom. The Labute approximate surface area is 184 Å². The zero-order valence-corrected chi connectivity index (χ0v) is 17.7. The van der Waals surface area contributed by atoms with Crippen LogP contribution in [-0.2, 0) is 4.74 Å². The van der Waals surface area contributed by atoms with E-state index < -0.39 is 5.82 Å². The van der Waals surface area contributed by atoms with Crippen LogP contribution in [0.15, 0.2) is 41.5 Å². The van der Waals surface area contributed by atoms with Gasteiger partial charge in [-0.15, -0.1) is 0 Å². The highest BCUT2D eigenvalue weighted by Gasteiger charge is 2.42. The van der Waals surface area contributed by atoms with Crippen LogP contribution in [0, 0.1) is 24.1 Å². The molecular weight excluding hydrogens is 411 g/mol. The molecule has 164 valence electrons. The average Bonchev–Trinajstić information content (AvgIpc) is 3.20. The number of nitrogens with zero attached hydrogens (tertiary/aromatic N) is 3. The molecule has 3 heterocycles. The second-order valence-corrected chi connectivity index (χ2v) is 8.52. The molecule has 1 N–H and O–H groups in total. The zero-order valence-electron chi connectivity index (χ0n) is 17.7. The van der Waals surface area contributed by atoms with Crippen LogP contribution in [0.4, 0.5) is 4.39 Å². The van der Waals surface area contributed by atoms with Gasteiger partial charge in [-0.05, 0) is 69.1 Å². The average molecular weight is 434 g/mol. The molecule has 1 atom stereocenters. The Morgan fingerprint density at radius 2 is 2.12 bits per heavy atom. The molecule has 1 spiro atoms. The highest BCUT2D eigenvalue weighted by Crippen LogP contribution is 2.39. The summed E-state index contributed by atoms with van der Waals surface area (Å²) in [5.74, 6) is -0.507. The fourth-order valence-electron chi connectivity index (χ4n) is 4.68. The van der Waals surface area contributed by atoms with Gasteiger partial charge in [-0.1, -0.05) is 6.07 Å². The fourth-order valence-corrected chi connectivity index (χ4v) is 4.68. The van der Waals surface area contributed by atoms with Gasteiger partial charge in [0.2, 0.25) is 0 Å². The van der Waals surface area contributed by atoms with Gasteiger partial charge in [0.05, 0.1) is 35.5 Å². The smallest absolute Gasteiger partial charge is 0.261 e. The second-order valence-electron chi connectivity index (χ2n) is 8.52. The minimum atomic E-state index is -0.633. The van der Waals surface area contributed by atoms with E-state index in [0.29, 0.717) is 23.1 Å². The van der Waals surface area contributed by atoms with Crippen LogP contribution < -0.4 is 15.6 Å². The van der Waals surface area contributed by atoms with Crippen molar-refractivity contribution in [2.75, 3.05) is 19.7 Å². The van der Waals surface area contributed by atoms with Gasteiger partial charge in [-0.3, -0.25) is 9.36 Å². The summed E-state index contributed by atoms with van der Waals surface area (Å²) in [5, 5.41) is 13.1. The highest BCUT2D eigenvalue weighted by molar-refractivity contribution is 5.79. The Balaban J connectivity index is 1.49. The first-order valence-electron chi connectivity index (χ1n) is 10.7. The predicted octanol–water partition coefficient (Wildman–Crippen LogP) is 3.59. The third kappa shape index (κ3) is 3.53. The number of halogens is 1. The standard InChI is InChI=1S/C24H23FN4O3/c1-15-2-4-20(25)22(19(15)12-26)32-17-3-5-21-18(10-17)23(30)29(14-28-21)16-11-24(31-13-16)6-8-27-9-7-24/h2-5,10,14,16,27H,6-9,11,13H2,1H3. The van der Waals surface area contributed by atoms with Crippen molar-refractivity contribution in [2.45, 2.75) is 37.8 Å². The van der Waals surface area contributed by atoms with Crippen molar-refractivity contribution in [2.24, 2.45) is 0 Å². The first-order chi connectivity index (χ1) is 15.5. The molecule has 2 aliphatic rings. The number of benzene rings is 2. The Bertz CT molecular complexity index is 1290. The quantitative estimate of drug-likeness (QED) is 0.678. The van der Waals surface area contributed by atoms with E-state index in [1.54, 1.807) is 36.0 Å². The summed E-state index contributed by atoms with van der Waals surface area (Å²) in [6.45, 7) is 4.02. The summed E-state index contributed by atoms with van der Waals surface area (Å²) in [4.78, 5) is 17.8. The molecule has 0 amide bonds. The number of aromatic nitrogens is 2. The van der Waals surface area contributed by atoms with Crippen LogP contribution in [0.2, 0.25) is 0 Å². The number of fused-ring (bicyclic) bond motifs is 1. The Kier molecular flexibility index (Phi) is 5.16. The molecule has 0 saturated carbocycles. The van der Waals surface area contributed by atoms with Crippen molar-refractivity contribution < 1.29 is 13.9 Å². The summed E-state index contributed by atoms with van der Waals surface area (Å²) in [7, 11) is 0. The van der Waals surface area contributed by atoms with Gasteiger partial charge >= 0.3 is 0 Å². The molecule has 32 heavy (non-hydrogen) atoms. The number of rotatable bonds is 3. The van der Waals surface area contributed by atoms with Gasteiger partial charge in [0, 0.05) is 0 Å². The number of aryl methyl sites for hydroxylation is 1. The Morgan fingerprint density at radius 1 is 1.31 bits per heavy atom. The van der Waals surface area contributed by atoms with Gasteiger partial charge in [0.15, 0.2) is 11.6 Å². The summed E-state index contributed by atoms with van der Waals surface area (Å²) < 4.78 is 27.9. The lowest BCUT2D eigenvalue weighted by molar-refractivity contribution is -0.0196. The van der Waals surface area contributed by atoms with Crippen molar-refractivity contribution >= 4 is 10.9 Å². The largest absolute Gasteiger partial charge is 0.453 e. The Hall–Kier alpha value is -3.28. The second kappa shape index (κ2) is 8.01. The third-order valence-corrected chi connectivity index (χ3v) is 6.50. The van der Waals surface area contributed by atoms with Gasteiger partial charge in [-0.2, -0.15) is 5.26 Å². The van der Waals surface area contributed by atoms with Crippen molar-refractivity contribution in [1.82, 2.24) is 14.9 Å². The van der Waals surface area contributed by atoms with Crippen molar-refractivity contribution in [3.8, 4) is 17.6 Å². The van der Waals surface area contributed by atoms with Crippen LogP contribution in [0.3, 0.4) is 0 Å². The lowest BCUT2D eigenvalue weighted by Crippen LogP contribution is -2.41. The minimum Gasteiger partial charge on any atom is -0.453 e. The normalized spacial score (nSPS) is 19.8. The lowest BCUT2D eigenvalue weighted by atomic mass is 9.88. The van der Waals surface area contributed by atoms with Crippen molar-refractivity contribution in [3.05, 3.63) is 64.0 Å². The van der Waals surface area contributed by atoms with E-state index in [2.05, 4.69) is 10.3 Å². The molecule has 2 aromatic carbocycles. The molecule has 8 heteroatoms. The summed E-state index contributed by atoms with van der Waals surface area (Å²) in [5.41, 5.74) is 0.904. The number of nitrogens with one attached hydrogen (secondary N) is 1. The van der Waals surface area contributed by atoms with Crippen molar-refractivity contribution in [1.29, 1.82) is 5.26 Å². The number of piperidine rings is 1. The molecule has 7 nitrogen and oxygen atoms in total. The van der Waals surface area contributed by atoms with E-state index in [9.17, 15) is 14.4 Å². The van der Waals surface area contributed by atoms with Crippen molar-refractivity contribution in [3.63, 3.8) is 0 Å². The van der Waals surface area contributed by atoms with E-state index in [4.69, 9.17) is 9.47 Å². The molecule has 0 aliphatic carbocycles. The number of nitriles is 1. The SMILES string of the molecule is Cc1ccc(F)c(Oc2ccc3ncn(C4COC5(CCNCC5)C4)c(=O)c3c2)c1C#N. The van der Waals surface area contributed by atoms with E-state index in [1.165, 1.54) is 12.1 Å². The number of hydrogen-bond acceptors (Lipinski definition) is 6. The topological polar surface area (TPSA) is 89.2 Å². The molecule has 3 aromatic rings. The maximum absolute atomic E-state index is 14.4. The molecular formula is C24H23FN4O3. The highest BCUT2D eigenvalue weighted by atomic mass is 19.1. The van der Waals surface area contributed by atoms with E-state index >= 15 is 0 Å². The first kappa shape index (κ1) is 20.6. The fraction of sp³-hybridized carbons (Fsp3) is 0.375. The summed E-state index contributed by atoms with van der Waals surface area (Å²) in [6.07, 6.45) is 4.21. The molecule has 0 bridgehead atoms. The van der Waals surface area contributed by atoms with Crippen LogP contribution in [0.1, 0.15) is 36.4 Å². The molecule has 1 unspecified atom stereocenters.